The second kappa shape index (κ2) is 9.96. The monoisotopic (exact) mass is 557 g/mol. The largest absolute Gasteiger partial charge is 0.393 e. The Kier molecular flexibility index (Phi) is 6.46. The number of anilines is 3. The lowest BCUT2D eigenvalue weighted by Gasteiger charge is -2.18. The smallest absolute Gasteiger partial charge is 0.333 e. The first-order valence-electron chi connectivity index (χ1n) is 12.4. The molecule has 39 heavy (non-hydrogen) atoms. The number of halogens is 2. The molecule has 4 aromatic rings. The molecule has 0 aromatic carbocycles. The van der Waals surface area contributed by atoms with Gasteiger partial charge in [0.15, 0.2) is 5.82 Å². The average Bonchev–Trinajstić information content (AvgIpc) is 3.27. The van der Waals surface area contributed by atoms with Crippen molar-refractivity contribution in [3.05, 3.63) is 49.2 Å². The molecule has 0 unspecified atom stereocenters. The van der Waals surface area contributed by atoms with Gasteiger partial charge in [-0.1, -0.05) is 0 Å². The first-order valence-corrected chi connectivity index (χ1v) is 13.9. The van der Waals surface area contributed by atoms with Crippen molar-refractivity contribution < 1.29 is 22.3 Å². The third-order valence-corrected chi connectivity index (χ3v) is 8.72. The summed E-state index contributed by atoms with van der Waals surface area (Å²) in [6.07, 6.45) is 9.93. The molecule has 2 fully saturated rings. The summed E-state index contributed by atoms with van der Waals surface area (Å²) in [6, 6.07) is 4.85. The van der Waals surface area contributed by atoms with Crippen LogP contribution in [0.1, 0.15) is 38.7 Å². The van der Waals surface area contributed by atoms with Crippen molar-refractivity contribution in [1.82, 2.24) is 33.9 Å². The van der Waals surface area contributed by atoms with E-state index in [4.69, 9.17) is 0 Å². The number of aliphatic hydroxyl groups is 1. The highest BCUT2D eigenvalue weighted by atomic mass is 32.2. The van der Waals surface area contributed by atoms with Crippen LogP contribution in [0.2, 0.25) is 0 Å². The van der Waals surface area contributed by atoms with Gasteiger partial charge in [0.25, 0.3) is 10.0 Å². The van der Waals surface area contributed by atoms with Gasteiger partial charge >= 0.3 is 6.55 Å². The summed E-state index contributed by atoms with van der Waals surface area (Å²) in [4.78, 5) is 13.1. The molecular weight excluding hydrogens is 532 g/mol. The van der Waals surface area contributed by atoms with Crippen molar-refractivity contribution in [1.29, 1.82) is 0 Å². The fourth-order valence-corrected chi connectivity index (χ4v) is 6.00. The van der Waals surface area contributed by atoms with Gasteiger partial charge in [0.1, 0.15) is 11.6 Å². The van der Waals surface area contributed by atoms with Gasteiger partial charge in [-0.05, 0) is 44.2 Å². The number of hydrogen-bond donors (Lipinski definition) is 3. The molecule has 2 atom stereocenters. The van der Waals surface area contributed by atoms with E-state index in [0.717, 1.165) is 10.5 Å². The van der Waals surface area contributed by atoms with Crippen molar-refractivity contribution in [2.45, 2.75) is 56.0 Å². The van der Waals surface area contributed by atoms with E-state index in [1.54, 1.807) is 12.1 Å². The molecule has 4 heterocycles. The zero-order valence-corrected chi connectivity index (χ0v) is 21.3. The maximum absolute atomic E-state index is 13.1. The predicted octanol–water partition coefficient (Wildman–Crippen LogP) is 3.40. The molecular formula is C24H25F2N9O3S. The van der Waals surface area contributed by atoms with E-state index < -0.39 is 27.9 Å². The van der Waals surface area contributed by atoms with Gasteiger partial charge in [-0.15, -0.1) is 0 Å². The van der Waals surface area contributed by atoms with E-state index >= 15 is 0 Å². The van der Waals surface area contributed by atoms with Crippen LogP contribution < -0.4 is 10.6 Å². The molecule has 0 bridgehead atoms. The highest BCUT2D eigenvalue weighted by Gasteiger charge is 2.37. The predicted molar refractivity (Wildman–Crippen MR) is 138 cm³/mol. The molecule has 4 aromatic heterocycles. The van der Waals surface area contributed by atoms with Crippen molar-refractivity contribution in [3.63, 3.8) is 0 Å². The number of nitrogens with one attached hydrogen (secondary N) is 2. The van der Waals surface area contributed by atoms with Gasteiger partial charge in [0.2, 0.25) is 0 Å². The first-order chi connectivity index (χ1) is 18.8. The van der Waals surface area contributed by atoms with Crippen molar-refractivity contribution in [2.24, 2.45) is 0 Å². The Bertz CT molecular complexity index is 1600. The van der Waals surface area contributed by atoms with Gasteiger partial charge in [0, 0.05) is 41.9 Å². The molecule has 3 N–H and O–H groups in total. The summed E-state index contributed by atoms with van der Waals surface area (Å²) in [5.74, 6) is 1.11. The standard InChI is InChI=1S/C24H25F2N9O3S/c25-24(26)34-8-6-19(33-34)18-12-28-22(10-20(18)30-15-1-2-16(36)9-15)31-21-5-7-27-23(32-21)14-11-29-35(13-14)39(37,38)17-3-4-17/h5-8,10-13,15-17,24,36H,1-4,9H2,(H2,27,28,30,31,32)/t15-,16-/m0/s1. The second-order valence-corrected chi connectivity index (χ2v) is 11.7. The van der Waals surface area contributed by atoms with Gasteiger partial charge in [-0.2, -0.15) is 23.1 Å². The van der Waals surface area contributed by atoms with Crippen LogP contribution in [0, 0.1) is 0 Å². The number of rotatable bonds is 9. The summed E-state index contributed by atoms with van der Waals surface area (Å²) in [5, 5.41) is 24.0. The summed E-state index contributed by atoms with van der Waals surface area (Å²) in [6.45, 7) is -2.76. The lowest BCUT2D eigenvalue weighted by Crippen LogP contribution is -2.17. The van der Waals surface area contributed by atoms with E-state index in [0.29, 0.717) is 64.5 Å². The summed E-state index contributed by atoms with van der Waals surface area (Å²) >= 11 is 0. The number of hydrogen-bond acceptors (Lipinski definition) is 10. The Hall–Kier alpha value is -3.98. The molecule has 6 rings (SSSR count). The Morgan fingerprint density at radius 2 is 1.92 bits per heavy atom. The third kappa shape index (κ3) is 5.31. The normalized spacial score (nSPS) is 19.5. The fraction of sp³-hybridized carbons (Fsp3) is 0.375. The van der Waals surface area contributed by atoms with Crippen LogP contribution in [0.25, 0.3) is 22.6 Å². The molecule has 204 valence electrons. The number of aliphatic hydroxyl groups excluding tert-OH is 1. The number of alkyl halides is 2. The molecule has 2 aliphatic rings. The van der Waals surface area contributed by atoms with E-state index in [9.17, 15) is 22.3 Å². The molecule has 0 spiro atoms. The summed E-state index contributed by atoms with van der Waals surface area (Å²) in [5.41, 5.74) is 1.93. The van der Waals surface area contributed by atoms with Crippen LogP contribution in [0.4, 0.5) is 26.1 Å². The second-order valence-electron chi connectivity index (χ2n) is 9.62. The minimum absolute atomic E-state index is 0.000270. The van der Waals surface area contributed by atoms with Crippen LogP contribution in [-0.2, 0) is 10.0 Å². The molecule has 0 saturated heterocycles. The minimum Gasteiger partial charge on any atom is -0.393 e. The van der Waals surface area contributed by atoms with Crippen LogP contribution in [0.5, 0.6) is 0 Å². The van der Waals surface area contributed by atoms with Crippen LogP contribution in [-0.4, -0.2) is 64.8 Å². The zero-order valence-electron chi connectivity index (χ0n) is 20.5. The lowest BCUT2D eigenvalue weighted by molar-refractivity contribution is 0.0568. The SMILES string of the molecule is O=S(=O)(C1CC1)n1cc(-c2nccc(Nc3cc(N[C@H]4CC[C@H](O)C4)c(-c4ccn(C(F)F)n4)cn3)n2)cn1. The Labute approximate surface area is 222 Å². The van der Waals surface area contributed by atoms with Crippen LogP contribution >= 0.6 is 0 Å². The maximum atomic E-state index is 13.1. The topological polar surface area (TPSA) is 153 Å². The lowest BCUT2D eigenvalue weighted by atomic mass is 10.1. The third-order valence-electron chi connectivity index (χ3n) is 6.69. The van der Waals surface area contributed by atoms with Gasteiger partial charge < -0.3 is 15.7 Å². The van der Waals surface area contributed by atoms with E-state index in [-0.39, 0.29) is 11.9 Å². The van der Waals surface area contributed by atoms with Crippen LogP contribution in [0.15, 0.2) is 49.2 Å². The summed E-state index contributed by atoms with van der Waals surface area (Å²) < 4.78 is 52.7. The van der Waals surface area contributed by atoms with Gasteiger partial charge in [-0.3, -0.25) is 0 Å². The van der Waals surface area contributed by atoms with E-state index in [2.05, 4.69) is 35.8 Å². The molecule has 0 amide bonds. The molecule has 2 aliphatic carbocycles. The van der Waals surface area contributed by atoms with Crippen molar-refractivity contribution in [3.8, 4) is 22.6 Å². The number of pyridine rings is 1. The molecule has 2 saturated carbocycles. The van der Waals surface area contributed by atoms with Gasteiger partial charge in [-0.25, -0.2) is 28.1 Å². The van der Waals surface area contributed by atoms with Crippen molar-refractivity contribution >= 4 is 27.3 Å². The van der Waals surface area contributed by atoms with Gasteiger partial charge in [0.05, 0.1) is 35.0 Å². The minimum atomic E-state index is -3.51. The average molecular weight is 558 g/mol. The molecule has 0 radical (unpaired) electrons. The Morgan fingerprint density at radius 1 is 1.08 bits per heavy atom. The molecule has 12 nitrogen and oxygen atoms in total. The number of nitrogens with zero attached hydrogens (tertiary/aromatic N) is 7. The highest BCUT2D eigenvalue weighted by molar-refractivity contribution is 7.90. The molecule has 15 heteroatoms. The Balaban J connectivity index is 1.27. The number of aromatic nitrogens is 7. The van der Waals surface area contributed by atoms with Crippen LogP contribution in [0.3, 0.4) is 0 Å². The summed E-state index contributed by atoms with van der Waals surface area (Å²) in [7, 11) is -3.51. The first kappa shape index (κ1) is 25.3. The Morgan fingerprint density at radius 3 is 2.64 bits per heavy atom. The van der Waals surface area contributed by atoms with E-state index in [1.165, 1.54) is 37.1 Å². The highest BCUT2D eigenvalue weighted by Crippen LogP contribution is 2.33. The fourth-order valence-electron chi connectivity index (χ4n) is 4.52. The zero-order chi connectivity index (χ0) is 27.1. The quantitative estimate of drug-likeness (QED) is 0.279. The molecule has 0 aliphatic heterocycles. The van der Waals surface area contributed by atoms with E-state index in [1.807, 2.05) is 0 Å². The van der Waals surface area contributed by atoms with Crippen molar-refractivity contribution in [2.75, 3.05) is 10.6 Å². The maximum Gasteiger partial charge on any atom is 0.333 e.